The molecule has 1 aliphatic rings. The Kier molecular flexibility index (Phi) is 5.49. The van der Waals surface area contributed by atoms with E-state index in [-0.39, 0.29) is 16.8 Å². The van der Waals surface area contributed by atoms with E-state index >= 15 is 0 Å². The molecule has 2 heterocycles. The average Bonchev–Trinajstić information content (AvgIpc) is 3.33. The fraction of sp³-hybridized carbons (Fsp3) is 0.286. The molecule has 1 amide bonds. The second-order valence-electron chi connectivity index (χ2n) is 6.84. The Bertz CT molecular complexity index is 1020. The SMILES string of the molecule is CCOc1ccc(CN2CC(c3nc(-c4ccc(F)c(Cl)c4)no3)CC2=O)cc1. The molecule has 0 aliphatic carbocycles. The maximum atomic E-state index is 13.3. The normalized spacial score (nSPS) is 16.4. The van der Waals surface area contributed by atoms with Crippen molar-refractivity contribution in [3.63, 3.8) is 0 Å². The summed E-state index contributed by atoms with van der Waals surface area (Å²) < 4.78 is 24.2. The van der Waals surface area contributed by atoms with Crippen LogP contribution in [-0.2, 0) is 11.3 Å². The van der Waals surface area contributed by atoms with Crippen LogP contribution in [0.1, 0.15) is 30.7 Å². The number of benzene rings is 2. The molecule has 4 rings (SSSR count). The Morgan fingerprint density at radius 3 is 2.79 bits per heavy atom. The van der Waals surface area contributed by atoms with Crippen LogP contribution in [0.3, 0.4) is 0 Å². The lowest BCUT2D eigenvalue weighted by molar-refractivity contribution is -0.128. The molecule has 6 nitrogen and oxygen atoms in total. The van der Waals surface area contributed by atoms with Gasteiger partial charge in [-0.25, -0.2) is 4.39 Å². The van der Waals surface area contributed by atoms with Crippen molar-refractivity contribution in [2.75, 3.05) is 13.2 Å². The molecule has 8 heteroatoms. The van der Waals surface area contributed by atoms with Gasteiger partial charge in [-0.1, -0.05) is 28.9 Å². The zero-order chi connectivity index (χ0) is 20.4. The molecule has 3 aromatic rings. The molecule has 29 heavy (non-hydrogen) atoms. The first-order valence-corrected chi connectivity index (χ1v) is 9.70. The molecule has 0 N–H and O–H groups in total. The lowest BCUT2D eigenvalue weighted by atomic mass is 10.1. The van der Waals surface area contributed by atoms with Crippen LogP contribution in [0.15, 0.2) is 47.0 Å². The van der Waals surface area contributed by atoms with Crippen LogP contribution in [0.5, 0.6) is 5.75 Å². The maximum Gasteiger partial charge on any atom is 0.232 e. The number of likely N-dealkylation sites (tertiary alicyclic amines) is 1. The van der Waals surface area contributed by atoms with Gasteiger partial charge < -0.3 is 14.2 Å². The number of hydrogen-bond acceptors (Lipinski definition) is 5. The van der Waals surface area contributed by atoms with Crippen molar-refractivity contribution in [1.82, 2.24) is 15.0 Å². The van der Waals surface area contributed by atoms with E-state index in [4.69, 9.17) is 20.9 Å². The summed E-state index contributed by atoms with van der Waals surface area (Å²) in [5, 5.41) is 3.94. The summed E-state index contributed by atoms with van der Waals surface area (Å²) in [6.45, 7) is 3.56. The van der Waals surface area contributed by atoms with Crippen molar-refractivity contribution in [2.45, 2.75) is 25.8 Å². The first-order valence-electron chi connectivity index (χ1n) is 9.32. The van der Waals surface area contributed by atoms with E-state index < -0.39 is 5.82 Å². The van der Waals surface area contributed by atoms with Crippen molar-refractivity contribution >= 4 is 17.5 Å². The monoisotopic (exact) mass is 415 g/mol. The first-order chi connectivity index (χ1) is 14.0. The molecule has 0 spiro atoms. The van der Waals surface area contributed by atoms with Gasteiger partial charge >= 0.3 is 0 Å². The molecule has 1 aliphatic heterocycles. The summed E-state index contributed by atoms with van der Waals surface area (Å²) in [5.74, 6) is 0.866. The molecular weight excluding hydrogens is 397 g/mol. The smallest absolute Gasteiger partial charge is 0.232 e. The summed E-state index contributed by atoms with van der Waals surface area (Å²) in [5.41, 5.74) is 1.58. The van der Waals surface area contributed by atoms with Gasteiger partial charge in [0.05, 0.1) is 17.5 Å². The molecule has 1 unspecified atom stereocenters. The van der Waals surface area contributed by atoms with Crippen molar-refractivity contribution in [3.05, 3.63) is 64.8 Å². The van der Waals surface area contributed by atoms with Gasteiger partial charge in [-0.05, 0) is 42.8 Å². The van der Waals surface area contributed by atoms with Crippen LogP contribution in [0, 0.1) is 5.82 Å². The number of rotatable bonds is 6. The fourth-order valence-corrected chi connectivity index (χ4v) is 3.50. The second-order valence-corrected chi connectivity index (χ2v) is 7.24. The molecule has 1 saturated heterocycles. The average molecular weight is 416 g/mol. The third-order valence-corrected chi connectivity index (χ3v) is 5.08. The molecule has 1 atom stereocenters. The summed E-state index contributed by atoms with van der Waals surface area (Å²) in [4.78, 5) is 18.6. The van der Waals surface area contributed by atoms with Gasteiger partial charge in [-0.15, -0.1) is 0 Å². The van der Waals surface area contributed by atoms with E-state index in [1.807, 2.05) is 31.2 Å². The van der Waals surface area contributed by atoms with E-state index in [2.05, 4.69) is 10.1 Å². The Labute approximate surface area is 172 Å². The van der Waals surface area contributed by atoms with E-state index in [0.717, 1.165) is 11.3 Å². The summed E-state index contributed by atoms with van der Waals surface area (Å²) in [6.07, 6.45) is 0.308. The van der Waals surface area contributed by atoms with Gasteiger partial charge in [-0.3, -0.25) is 4.79 Å². The third-order valence-electron chi connectivity index (χ3n) is 4.79. The standard InChI is InChI=1S/C21H19ClFN3O3/c1-2-28-16-6-3-13(4-7-16)11-26-12-15(10-19(26)27)21-24-20(25-29-21)14-5-8-18(23)17(22)9-14/h3-9,15H,2,10-12H2,1H3. The first kappa shape index (κ1) is 19.4. The molecule has 0 saturated carbocycles. The van der Waals surface area contributed by atoms with E-state index in [0.29, 0.717) is 43.4 Å². The molecule has 1 aromatic heterocycles. The molecule has 150 valence electrons. The largest absolute Gasteiger partial charge is 0.494 e. The van der Waals surface area contributed by atoms with Gasteiger partial charge in [0.15, 0.2) is 0 Å². The van der Waals surface area contributed by atoms with Crippen LogP contribution >= 0.6 is 11.6 Å². The quantitative estimate of drug-likeness (QED) is 0.595. The van der Waals surface area contributed by atoms with Gasteiger partial charge in [0.25, 0.3) is 0 Å². The second kappa shape index (κ2) is 8.21. The summed E-state index contributed by atoms with van der Waals surface area (Å²) in [7, 11) is 0. The maximum absolute atomic E-state index is 13.3. The lowest BCUT2D eigenvalue weighted by Gasteiger charge is -2.16. The molecule has 0 bridgehead atoms. The highest BCUT2D eigenvalue weighted by molar-refractivity contribution is 6.31. The minimum atomic E-state index is -0.509. The highest BCUT2D eigenvalue weighted by Gasteiger charge is 2.34. The molecule has 2 aromatic carbocycles. The van der Waals surface area contributed by atoms with Crippen LogP contribution < -0.4 is 4.74 Å². The van der Waals surface area contributed by atoms with Gasteiger partial charge in [0.2, 0.25) is 17.6 Å². The van der Waals surface area contributed by atoms with Gasteiger partial charge in [-0.2, -0.15) is 4.98 Å². The van der Waals surface area contributed by atoms with Crippen molar-refractivity contribution in [2.24, 2.45) is 0 Å². The predicted octanol–water partition coefficient (Wildman–Crippen LogP) is 4.44. The van der Waals surface area contributed by atoms with E-state index in [1.54, 1.807) is 4.90 Å². The summed E-state index contributed by atoms with van der Waals surface area (Å²) >= 11 is 5.82. The number of amides is 1. The minimum Gasteiger partial charge on any atom is -0.494 e. The van der Waals surface area contributed by atoms with Crippen molar-refractivity contribution in [3.8, 4) is 17.1 Å². The Morgan fingerprint density at radius 1 is 1.28 bits per heavy atom. The van der Waals surface area contributed by atoms with Crippen LogP contribution in [-0.4, -0.2) is 34.1 Å². The van der Waals surface area contributed by atoms with E-state index in [9.17, 15) is 9.18 Å². The Balaban J connectivity index is 1.44. The number of carbonyl (C=O) groups is 1. The Hall–Kier alpha value is -2.93. The number of halogens is 2. The third kappa shape index (κ3) is 4.24. The number of ether oxygens (including phenoxy) is 1. The minimum absolute atomic E-state index is 0.00794. The van der Waals surface area contributed by atoms with Crippen LogP contribution in [0.4, 0.5) is 4.39 Å². The number of carbonyl (C=O) groups excluding carboxylic acids is 1. The summed E-state index contributed by atoms with van der Waals surface area (Å²) in [6, 6.07) is 11.9. The van der Waals surface area contributed by atoms with Crippen LogP contribution in [0.25, 0.3) is 11.4 Å². The highest BCUT2D eigenvalue weighted by Crippen LogP contribution is 2.30. The molecule has 0 radical (unpaired) electrons. The molecule has 1 fully saturated rings. The van der Waals surface area contributed by atoms with E-state index in [1.165, 1.54) is 18.2 Å². The van der Waals surface area contributed by atoms with Crippen LogP contribution in [0.2, 0.25) is 5.02 Å². The number of hydrogen-bond donors (Lipinski definition) is 0. The fourth-order valence-electron chi connectivity index (χ4n) is 3.32. The zero-order valence-electron chi connectivity index (χ0n) is 15.8. The highest BCUT2D eigenvalue weighted by atomic mass is 35.5. The zero-order valence-corrected chi connectivity index (χ0v) is 16.5. The molecular formula is C21H19ClFN3O3. The van der Waals surface area contributed by atoms with Crippen molar-refractivity contribution < 1.29 is 18.4 Å². The van der Waals surface area contributed by atoms with Gasteiger partial charge in [0, 0.05) is 25.1 Å². The topological polar surface area (TPSA) is 68.5 Å². The number of nitrogens with zero attached hydrogens (tertiary/aromatic N) is 3. The van der Waals surface area contributed by atoms with Gasteiger partial charge in [0.1, 0.15) is 11.6 Å². The number of aromatic nitrogens is 2. The lowest BCUT2D eigenvalue weighted by Crippen LogP contribution is -2.24. The Morgan fingerprint density at radius 2 is 2.07 bits per heavy atom. The predicted molar refractivity (Wildman–Crippen MR) is 105 cm³/mol. The van der Waals surface area contributed by atoms with Crippen molar-refractivity contribution in [1.29, 1.82) is 0 Å².